The van der Waals surface area contributed by atoms with Crippen LogP contribution in [-0.4, -0.2) is 87.6 Å². The van der Waals surface area contributed by atoms with Gasteiger partial charge in [-0.2, -0.15) is 0 Å². The van der Waals surface area contributed by atoms with Gasteiger partial charge in [0.05, 0.1) is 25.2 Å². The fourth-order valence-corrected chi connectivity index (χ4v) is 4.29. The Bertz CT molecular complexity index is 673. The Kier molecular flexibility index (Phi) is 7.67. The maximum Gasteiger partial charge on any atom is 0.309 e. The van der Waals surface area contributed by atoms with E-state index in [0.29, 0.717) is 19.3 Å². The number of hydrogen-bond acceptors (Lipinski definition) is 9. The molecule has 0 aromatic carbocycles. The first kappa shape index (κ1) is 23.3. The molecule has 2 fully saturated rings. The van der Waals surface area contributed by atoms with Gasteiger partial charge in [-0.05, 0) is 43.4 Å². The van der Waals surface area contributed by atoms with Crippen LogP contribution in [0.4, 0.5) is 0 Å². The summed E-state index contributed by atoms with van der Waals surface area (Å²) in [6.07, 6.45) is -2.44. The SMILES string of the molecule is C/C1=C\[C@@H]2OC(=O)[C@@H](C)[C@@H]2CC/C(CO)=C/C[C@H]1O[C@@H]1O[C@H](CO)[C@@H](O)[C@H](O)[C@H]1O. The van der Waals surface area contributed by atoms with Gasteiger partial charge in [0.15, 0.2) is 6.29 Å². The largest absolute Gasteiger partial charge is 0.458 e. The molecule has 0 aromatic heterocycles. The number of hydrogen-bond donors (Lipinski definition) is 5. The van der Waals surface area contributed by atoms with Crippen LogP contribution in [0.1, 0.15) is 33.1 Å². The minimum atomic E-state index is -1.53. The van der Waals surface area contributed by atoms with Gasteiger partial charge in [0.25, 0.3) is 0 Å². The number of ether oxygens (including phenoxy) is 3. The van der Waals surface area contributed by atoms with Crippen LogP contribution in [0.3, 0.4) is 0 Å². The van der Waals surface area contributed by atoms with Crippen molar-refractivity contribution in [2.24, 2.45) is 11.8 Å². The van der Waals surface area contributed by atoms with Crippen LogP contribution < -0.4 is 0 Å². The van der Waals surface area contributed by atoms with Crippen LogP contribution in [0.25, 0.3) is 0 Å². The van der Waals surface area contributed by atoms with Gasteiger partial charge in [0.2, 0.25) is 0 Å². The minimum absolute atomic E-state index is 0.0200. The third-order valence-electron chi connectivity index (χ3n) is 6.39. The lowest BCUT2D eigenvalue weighted by molar-refractivity contribution is -0.308. The van der Waals surface area contributed by atoms with Crippen molar-refractivity contribution in [3.05, 3.63) is 23.3 Å². The summed E-state index contributed by atoms with van der Waals surface area (Å²) in [6, 6.07) is 0. The first-order valence-electron chi connectivity index (χ1n) is 10.4. The van der Waals surface area contributed by atoms with Crippen molar-refractivity contribution in [2.45, 2.75) is 76.0 Å². The highest BCUT2D eigenvalue weighted by Crippen LogP contribution is 2.36. The molecule has 5 N–H and O–H groups in total. The van der Waals surface area contributed by atoms with E-state index in [2.05, 4.69) is 0 Å². The highest BCUT2D eigenvalue weighted by molar-refractivity contribution is 5.75. The molecular formula is C21H32O9. The molecule has 2 heterocycles. The molecule has 0 amide bonds. The smallest absolute Gasteiger partial charge is 0.309 e. The Labute approximate surface area is 175 Å². The van der Waals surface area contributed by atoms with Gasteiger partial charge in [-0.3, -0.25) is 4.79 Å². The van der Waals surface area contributed by atoms with Crippen molar-refractivity contribution >= 4 is 5.97 Å². The van der Waals surface area contributed by atoms with E-state index in [1.807, 2.05) is 26.0 Å². The van der Waals surface area contributed by atoms with Gasteiger partial charge in [0, 0.05) is 5.92 Å². The van der Waals surface area contributed by atoms with Crippen molar-refractivity contribution in [3.63, 3.8) is 0 Å². The molecule has 0 saturated carbocycles. The van der Waals surface area contributed by atoms with Crippen molar-refractivity contribution in [3.8, 4) is 0 Å². The van der Waals surface area contributed by atoms with E-state index >= 15 is 0 Å². The van der Waals surface area contributed by atoms with E-state index < -0.39 is 49.5 Å². The summed E-state index contributed by atoms with van der Waals surface area (Å²) in [6.45, 7) is 3.00. The van der Waals surface area contributed by atoms with Gasteiger partial charge >= 0.3 is 5.97 Å². The Morgan fingerprint density at radius 3 is 2.57 bits per heavy atom. The van der Waals surface area contributed by atoms with Crippen LogP contribution in [0.5, 0.6) is 0 Å². The van der Waals surface area contributed by atoms with E-state index in [1.165, 1.54) is 0 Å². The lowest BCUT2D eigenvalue weighted by Crippen LogP contribution is -2.59. The number of carbonyl (C=O) groups is 1. The van der Waals surface area contributed by atoms with Gasteiger partial charge in [-0.25, -0.2) is 0 Å². The quantitative estimate of drug-likeness (QED) is 0.293. The van der Waals surface area contributed by atoms with Crippen molar-refractivity contribution in [2.75, 3.05) is 13.2 Å². The van der Waals surface area contributed by atoms with Crippen molar-refractivity contribution in [1.82, 2.24) is 0 Å². The first-order valence-corrected chi connectivity index (χ1v) is 10.4. The molecule has 0 spiro atoms. The van der Waals surface area contributed by atoms with Gasteiger partial charge in [0.1, 0.15) is 30.5 Å². The number of fused-ring (bicyclic) bond motifs is 1. The third kappa shape index (κ3) is 4.77. The molecule has 9 heteroatoms. The highest BCUT2D eigenvalue weighted by atomic mass is 16.7. The normalized spacial score (nSPS) is 46.2. The van der Waals surface area contributed by atoms with E-state index in [1.54, 1.807) is 0 Å². The molecule has 2 aliphatic heterocycles. The molecule has 2 saturated heterocycles. The van der Waals surface area contributed by atoms with Crippen LogP contribution in [0, 0.1) is 11.8 Å². The number of rotatable bonds is 4. The van der Waals surface area contributed by atoms with Crippen molar-refractivity contribution in [1.29, 1.82) is 0 Å². The fourth-order valence-electron chi connectivity index (χ4n) is 4.29. The zero-order valence-corrected chi connectivity index (χ0v) is 17.3. The topological polar surface area (TPSA) is 146 Å². The van der Waals surface area contributed by atoms with Crippen molar-refractivity contribution < 1.29 is 44.5 Å². The second-order valence-corrected chi connectivity index (χ2v) is 8.38. The predicted octanol–water partition coefficient (Wildman–Crippen LogP) is -0.602. The third-order valence-corrected chi connectivity index (χ3v) is 6.39. The molecule has 0 unspecified atom stereocenters. The summed E-state index contributed by atoms with van der Waals surface area (Å²) < 4.78 is 16.9. The molecule has 1 aliphatic carbocycles. The molecule has 3 aliphatic rings. The minimum Gasteiger partial charge on any atom is -0.458 e. The molecule has 3 rings (SSSR count). The average molecular weight is 428 g/mol. The zero-order valence-electron chi connectivity index (χ0n) is 17.3. The second kappa shape index (κ2) is 9.86. The Balaban J connectivity index is 1.84. The Morgan fingerprint density at radius 2 is 1.90 bits per heavy atom. The van der Waals surface area contributed by atoms with Crippen LogP contribution in [0.15, 0.2) is 23.3 Å². The van der Waals surface area contributed by atoms with Gasteiger partial charge < -0.3 is 39.7 Å². The van der Waals surface area contributed by atoms with E-state index in [4.69, 9.17) is 14.2 Å². The van der Waals surface area contributed by atoms with Gasteiger partial charge in [-0.1, -0.05) is 13.0 Å². The molecule has 0 bridgehead atoms. The molecule has 170 valence electrons. The molecule has 9 nitrogen and oxygen atoms in total. The molecule has 30 heavy (non-hydrogen) atoms. The highest BCUT2D eigenvalue weighted by Gasteiger charge is 2.45. The molecule has 0 aromatic rings. The molecule has 9 atom stereocenters. The lowest BCUT2D eigenvalue weighted by Gasteiger charge is -2.41. The fraction of sp³-hybridized carbons (Fsp3) is 0.762. The zero-order chi connectivity index (χ0) is 22.0. The summed E-state index contributed by atoms with van der Waals surface area (Å²) in [5.74, 6) is -0.522. The predicted molar refractivity (Wildman–Crippen MR) is 104 cm³/mol. The number of aliphatic hydroxyl groups excluding tert-OH is 5. The van der Waals surface area contributed by atoms with Crippen LogP contribution in [-0.2, 0) is 19.0 Å². The second-order valence-electron chi connectivity index (χ2n) is 8.38. The number of esters is 1. The van der Waals surface area contributed by atoms with Gasteiger partial charge in [-0.15, -0.1) is 0 Å². The Hall–Kier alpha value is -1.33. The van der Waals surface area contributed by atoms with Crippen LogP contribution in [0.2, 0.25) is 0 Å². The van der Waals surface area contributed by atoms with E-state index in [-0.39, 0.29) is 24.4 Å². The lowest BCUT2D eigenvalue weighted by atomic mass is 9.84. The summed E-state index contributed by atoms with van der Waals surface area (Å²) in [4.78, 5) is 12.1. The molecule has 0 radical (unpaired) electrons. The monoisotopic (exact) mass is 428 g/mol. The summed E-state index contributed by atoms with van der Waals surface area (Å²) >= 11 is 0. The first-order chi connectivity index (χ1) is 14.3. The number of carbonyl (C=O) groups excluding carboxylic acids is 1. The maximum atomic E-state index is 12.1. The van der Waals surface area contributed by atoms with Crippen LogP contribution >= 0.6 is 0 Å². The van der Waals surface area contributed by atoms with E-state index in [9.17, 15) is 30.3 Å². The van der Waals surface area contributed by atoms with E-state index in [0.717, 1.165) is 11.1 Å². The Morgan fingerprint density at radius 1 is 1.17 bits per heavy atom. The standard InChI is InChI=1S/C21H32O9/c1-10-7-15-13(11(2)20(27)28-15)5-3-12(8-22)4-6-14(10)29-21-19(26)18(25)17(24)16(9-23)30-21/h4,7,11,13-19,21-26H,3,5-6,8-9H2,1-2H3/b10-7+,12-4-/t11-,13-,14+,15-,16+,17+,18-,19+,21+/m0/s1. The summed E-state index contributed by atoms with van der Waals surface area (Å²) in [5.41, 5.74) is 1.57. The summed E-state index contributed by atoms with van der Waals surface area (Å²) in [5, 5.41) is 49.4. The average Bonchev–Trinajstić information content (AvgIpc) is 2.99. The maximum absolute atomic E-state index is 12.1. The summed E-state index contributed by atoms with van der Waals surface area (Å²) in [7, 11) is 0. The number of aliphatic hydroxyl groups is 5. The molecular weight excluding hydrogens is 396 g/mol.